The first-order valence-electron chi connectivity index (χ1n) is 6.58. The molecule has 2 unspecified atom stereocenters. The minimum atomic E-state index is 0.0160. The summed E-state index contributed by atoms with van der Waals surface area (Å²) in [6.07, 6.45) is 1.09. The number of anilines is 1. The Labute approximate surface area is 122 Å². The lowest BCUT2D eigenvalue weighted by Crippen LogP contribution is -2.53. The molecule has 0 saturated carbocycles. The highest BCUT2D eigenvalue weighted by molar-refractivity contribution is 9.10. The lowest BCUT2D eigenvalue weighted by atomic mass is 9.94. The van der Waals surface area contributed by atoms with Crippen LogP contribution >= 0.6 is 15.9 Å². The van der Waals surface area contributed by atoms with Crippen LogP contribution in [0.4, 0.5) is 5.69 Å². The van der Waals surface area contributed by atoms with E-state index in [2.05, 4.69) is 56.8 Å². The lowest BCUT2D eigenvalue weighted by molar-refractivity contribution is 0.322. The maximum Gasteiger partial charge on any atom is 0.196 e. The summed E-state index contributed by atoms with van der Waals surface area (Å²) in [5, 5.41) is 0. The molecule has 0 radical (unpaired) electrons. The monoisotopic (exact) mass is 322 g/mol. The summed E-state index contributed by atoms with van der Waals surface area (Å²) in [5.41, 5.74) is 7.29. The van der Waals surface area contributed by atoms with Crippen molar-refractivity contribution in [3.8, 4) is 0 Å². The zero-order valence-electron chi connectivity index (χ0n) is 11.3. The second kappa shape index (κ2) is 4.49. The van der Waals surface area contributed by atoms with Gasteiger partial charge in [0, 0.05) is 17.1 Å². The van der Waals surface area contributed by atoms with Gasteiger partial charge in [0.2, 0.25) is 0 Å². The van der Waals surface area contributed by atoms with E-state index in [0.717, 1.165) is 29.7 Å². The molecule has 5 heteroatoms. The van der Waals surface area contributed by atoms with Gasteiger partial charge in [-0.3, -0.25) is 4.99 Å². The smallest absolute Gasteiger partial charge is 0.196 e. The number of nitrogens with two attached hydrogens (primary N) is 1. The number of hydrogen-bond donors (Lipinski definition) is 1. The Morgan fingerprint density at radius 3 is 2.79 bits per heavy atom. The van der Waals surface area contributed by atoms with E-state index in [1.54, 1.807) is 0 Å². The normalized spacial score (nSPS) is 31.2. The summed E-state index contributed by atoms with van der Waals surface area (Å²) in [4.78, 5) is 9.12. The predicted molar refractivity (Wildman–Crippen MR) is 82.6 cm³/mol. The SMILES string of the molecule is CC1CC2(CN=C(N)N2c2ccccc2Br)CN1C. The fourth-order valence-electron chi connectivity index (χ4n) is 3.29. The van der Waals surface area contributed by atoms with Crippen molar-refractivity contribution in [1.29, 1.82) is 0 Å². The molecule has 4 nitrogen and oxygen atoms in total. The minimum absolute atomic E-state index is 0.0160. The Hall–Kier alpha value is -1.07. The fourth-order valence-corrected chi connectivity index (χ4v) is 3.75. The van der Waals surface area contributed by atoms with Crippen LogP contribution in [0.3, 0.4) is 0 Å². The largest absolute Gasteiger partial charge is 0.369 e. The third-order valence-electron chi connectivity index (χ3n) is 4.30. The van der Waals surface area contributed by atoms with E-state index in [1.165, 1.54) is 0 Å². The zero-order chi connectivity index (χ0) is 13.6. The van der Waals surface area contributed by atoms with Crippen LogP contribution in [0.15, 0.2) is 33.7 Å². The summed E-state index contributed by atoms with van der Waals surface area (Å²) < 4.78 is 1.07. The lowest BCUT2D eigenvalue weighted by Gasteiger charge is -2.36. The van der Waals surface area contributed by atoms with Crippen LogP contribution in [-0.2, 0) is 0 Å². The summed E-state index contributed by atoms with van der Waals surface area (Å²) in [7, 11) is 2.17. The number of nitrogens with zero attached hydrogens (tertiary/aromatic N) is 3. The van der Waals surface area contributed by atoms with Crippen LogP contribution < -0.4 is 10.6 Å². The molecule has 102 valence electrons. The minimum Gasteiger partial charge on any atom is -0.369 e. The molecule has 1 aromatic carbocycles. The average Bonchev–Trinajstić information content (AvgIpc) is 2.82. The van der Waals surface area contributed by atoms with Crippen LogP contribution in [0.25, 0.3) is 0 Å². The van der Waals surface area contributed by atoms with Crippen molar-refractivity contribution in [1.82, 2.24) is 4.90 Å². The van der Waals surface area contributed by atoms with E-state index >= 15 is 0 Å². The molecule has 2 heterocycles. The van der Waals surface area contributed by atoms with Gasteiger partial charge in [0.15, 0.2) is 5.96 Å². The molecule has 0 amide bonds. The van der Waals surface area contributed by atoms with Crippen molar-refractivity contribution in [2.75, 3.05) is 25.0 Å². The van der Waals surface area contributed by atoms with E-state index in [-0.39, 0.29) is 5.54 Å². The van der Waals surface area contributed by atoms with Crippen molar-refractivity contribution in [3.63, 3.8) is 0 Å². The first-order valence-corrected chi connectivity index (χ1v) is 7.38. The van der Waals surface area contributed by atoms with Crippen molar-refractivity contribution < 1.29 is 0 Å². The fraction of sp³-hybridized carbons (Fsp3) is 0.500. The van der Waals surface area contributed by atoms with Crippen molar-refractivity contribution >= 4 is 27.6 Å². The Morgan fingerprint density at radius 2 is 2.16 bits per heavy atom. The molecule has 2 aliphatic heterocycles. The van der Waals surface area contributed by atoms with Gasteiger partial charge in [-0.15, -0.1) is 0 Å². The first kappa shape index (κ1) is 12.9. The van der Waals surface area contributed by atoms with Crippen LogP contribution in [0.1, 0.15) is 13.3 Å². The van der Waals surface area contributed by atoms with Gasteiger partial charge in [-0.25, -0.2) is 0 Å². The summed E-state index contributed by atoms with van der Waals surface area (Å²) in [5.74, 6) is 0.634. The van der Waals surface area contributed by atoms with Crippen LogP contribution in [0.5, 0.6) is 0 Å². The predicted octanol–water partition coefficient (Wildman–Crippen LogP) is 2.05. The van der Waals surface area contributed by atoms with Gasteiger partial charge in [-0.05, 0) is 48.5 Å². The number of likely N-dealkylation sites (N-methyl/N-ethyl adjacent to an activating group) is 1. The van der Waals surface area contributed by atoms with Gasteiger partial charge in [0.1, 0.15) is 0 Å². The van der Waals surface area contributed by atoms with Gasteiger partial charge >= 0.3 is 0 Å². The molecule has 1 saturated heterocycles. The van der Waals surface area contributed by atoms with Gasteiger partial charge in [-0.2, -0.15) is 0 Å². The second-order valence-corrected chi connectivity index (χ2v) is 6.51. The van der Waals surface area contributed by atoms with Gasteiger partial charge in [0.25, 0.3) is 0 Å². The van der Waals surface area contributed by atoms with Gasteiger partial charge in [-0.1, -0.05) is 12.1 Å². The Morgan fingerprint density at radius 1 is 1.42 bits per heavy atom. The Bertz CT molecular complexity index is 518. The molecular weight excluding hydrogens is 304 g/mol. The molecule has 0 aromatic heterocycles. The number of benzene rings is 1. The summed E-state index contributed by atoms with van der Waals surface area (Å²) >= 11 is 3.63. The van der Waals surface area contributed by atoms with Gasteiger partial charge < -0.3 is 15.5 Å². The van der Waals surface area contributed by atoms with E-state index in [0.29, 0.717) is 12.0 Å². The highest BCUT2D eigenvalue weighted by Crippen LogP contribution is 2.40. The van der Waals surface area contributed by atoms with Gasteiger partial charge in [0.05, 0.1) is 17.8 Å². The van der Waals surface area contributed by atoms with E-state index in [9.17, 15) is 0 Å². The number of halogens is 1. The van der Waals surface area contributed by atoms with Crippen molar-refractivity contribution in [3.05, 3.63) is 28.7 Å². The van der Waals surface area contributed by atoms with E-state index in [1.807, 2.05) is 12.1 Å². The number of rotatable bonds is 1. The Balaban J connectivity index is 2.03. The average molecular weight is 323 g/mol. The number of hydrogen-bond acceptors (Lipinski definition) is 4. The molecule has 1 fully saturated rings. The van der Waals surface area contributed by atoms with Crippen LogP contribution in [0.2, 0.25) is 0 Å². The molecule has 3 rings (SSSR count). The highest BCUT2D eigenvalue weighted by atomic mass is 79.9. The highest BCUT2D eigenvalue weighted by Gasteiger charge is 2.49. The number of likely N-dealkylation sites (tertiary alicyclic amines) is 1. The molecule has 2 N–H and O–H groups in total. The molecule has 2 aliphatic rings. The standard InChI is InChI=1S/C14H19BrN4/c1-10-7-14(9-18(10)2)8-17-13(16)19(14)12-6-4-3-5-11(12)15/h3-6,10H,7-9H2,1-2H3,(H2,16,17). The zero-order valence-corrected chi connectivity index (χ0v) is 12.9. The molecule has 1 aromatic rings. The molecular formula is C14H19BrN4. The van der Waals surface area contributed by atoms with E-state index in [4.69, 9.17) is 5.73 Å². The van der Waals surface area contributed by atoms with Crippen LogP contribution in [-0.4, -0.2) is 42.6 Å². The topological polar surface area (TPSA) is 44.9 Å². The maximum atomic E-state index is 6.16. The van der Waals surface area contributed by atoms with Crippen LogP contribution in [0, 0.1) is 0 Å². The summed E-state index contributed by atoms with van der Waals surface area (Å²) in [6, 6.07) is 8.78. The third-order valence-corrected chi connectivity index (χ3v) is 4.97. The van der Waals surface area contributed by atoms with E-state index < -0.39 is 0 Å². The van der Waals surface area contributed by atoms with Crippen molar-refractivity contribution in [2.24, 2.45) is 10.7 Å². The quantitative estimate of drug-likeness (QED) is 0.860. The third kappa shape index (κ3) is 1.96. The maximum absolute atomic E-state index is 6.16. The first-order chi connectivity index (χ1) is 9.03. The Kier molecular flexibility index (Phi) is 3.06. The molecule has 0 aliphatic carbocycles. The van der Waals surface area contributed by atoms with Crippen molar-refractivity contribution in [2.45, 2.75) is 24.9 Å². The number of guanidine groups is 1. The summed E-state index contributed by atoms with van der Waals surface area (Å²) in [6.45, 7) is 4.05. The molecule has 2 atom stereocenters. The molecule has 19 heavy (non-hydrogen) atoms. The number of para-hydroxylation sites is 1. The molecule has 1 spiro atoms. The number of aliphatic imine (C=N–C) groups is 1. The second-order valence-electron chi connectivity index (χ2n) is 5.65. The molecule has 0 bridgehead atoms.